The first-order valence-electron chi connectivity index (χ1n) is 6.18. The fourth-order valence-electron chi connectivity index (χ4n) is 1.58. The number of halogens is 2. The van der Waals surface area contributed by atoms with E-state index in [0.717, 1.165) is 0 Å². The molecular formula is C12H15Cl2NO5S. The van der Waals surface area contributed by atoms with Gasteiger partial charge in [0.25, 0.3) is 5.69 Å². The summed E-state index contributed by atoms with van der Waals surface area (Å²) >= 11 is 5.88. The van der Waals surface area contributed by atoms with Gasteiger partial charge in [0.05, 0.1) is 22.3 Å². The fourth-order valence-corrected chi connectivity index (χ4v) is 2.76. The third-order valence-electron chi connectivity index (χ3n) is 2.85. The molecule has 0 bridgehead atoms. The summed E-state index contributed by atoms with van der Waals surface area (Å²) in [5, 5.41) is 10.7. The maximum absolute atomic E-state index is 10.8. The van der Waals surface area contributed by atoms with Gasteiger partial charge < -0.3 is 4.74 Å². The number of nitro benzene ring substituents is 1. The van der Waals surface area contributed by atoms with Crippen LogP contribution in [0.15, 0.2) is 18.2 Å². The second-order valence-electron chi connectivity index (χ2n) is 4.65. The van der Waals surface area contributed by atoms with E-state index in [4.69, 9.17) is 27.0 Å². The average Bonchev–Trinajstić information content (AvgIpc) is 2.37. The third kappa shape index (κ3) is 6.97. The topological polar surface area (TPSA) is 86.5 Å². The fraction of sp³-hybridized carbons (Fsp3) is 0.500. The smallest absolute Gasteiger partial charge is 0.271 e. The molecule has 1 aromatic carbocycles. The van der Waals surface area contributed by atoms with Gasteiger partial charge in [-0.3, -0.25) is 10.1 Å². The first-order valence-corrected chi connectivity index (χ1v) is 9.04. The highest BCUT2D eigenvalue weighted by Crippen LogP contribution is 2.29. The summed E-state index contributed by atoms with van der Waals surface area (Å²) in [4.78, 5) is 10.0. The van der Waals surface area contributed by atoms with Gasteiger partial charge in [-0.05, 0) is 24.8 Å². The van der Waals surface area contributed by atoms with Gasteiger partial charge in [-0.25, -0.2) is 8.42 Å². The summed E-state index contributed by atoms with van der Waals surface area (Å²) in [7, 11) is 1.67. The third-order valence-corrected chi connectivity index (χ3v) is 4.33. The van der Waals surface area contributed by atoms with Crippen molar-refractivity contribution in [1.82, 2.24) is 0 Å². The molecule has 1 atom stereocenters. The Balaban J connectivity index is 2.44. The van der Waals surface area contributed by atoms with Crippen molar-refractivity contribution in [3.05, 3.63) is 33.3 Å². The zero-order valence-corrected chi connectivity index (χ0v) is 13.6. The van der Waals surface area contributed by atoms with Gasteiger partial charge >= 0.3 is 0 Å². The van der Waals surface area contributed by atoms with Crippen molar-refractivity contribution in [3.8, 4) is 5.75 Å². The van der Waals surface area contributed by atoms with Gasteiger partial charge in [0, 0.05) is 22.8 Å². The lowest BCUT2D eigenvalue weighted by molar-refractivity contribution is -0.384. The standard InChI is InChI=1S/C12H15Cl2NO5S/c1-9(5-7-21(14,18)19)4-6-20-12-3-2-10(15(16)17)8-11(12)13/h2-3,8-9H,4-7H2,1H3. The van der Waals surface area contributed by atoms with Crippen LogP contribution in [0.2, 0.25) is 5.02 Å². The van der Waals surface area contributed by atoms with E-state index in [1.807, 2.05) is 6.92 Å². The number of rotatable bonds is 8. The summed E-state index contributed by atoms with van der Waals surface area (Å²) in [6.07, 6.45) is 1.07. The van der Waals surface area contributed by atoms with Crippen LogP contribution in [-0.2, 0) is 9.05 Å². The maximum Gasteiger partial charge on any atom is 0.271 e. The summed E-state index contributed by atoms with van der Waals surface area (Å²) in [5.74, 6) is 0.406. The monoisotopic (exact) mass is 355 g/mol. The highest BCUT2D eigenvalue weighted by Gasteiger charge is 2.12. The first kappa shape index (κ1) is 18.0. The molecule has 0 N–H and O–H groups in total. The van der Waals surface area contributed by atoms with Crippen LogP contribution in [0.1, 0.15) is 19.8 Å². The maximum atomic E-state index is 10.8. The zero-order valence-electron chi connectivity index (χ0n) is 11.3. The molecule has 0 amide bonds. The molecule has 0 saturated heterocycles. The number of nitrogens with zero attached hydrogens (tertiary/aromatic N) is 1. The predicted molar refractivity (Wildman–Crippen MR) is 81.6 cm³/mol. The Kier molecular flexibility index (Phi) is 6.70. The number of non-ortho nitro benzene ring substituents is 1. The minimum Gasteiger partial charge on any atom is -0.492 e. The second kappa shape index (κ2) is 7.82. The molecule has 0 aliphatic carbocycles. The SMILES string of the molecule is CC(CCOc1ccc([N+](=O)[O-])cc1Cl)CCS(=O)(=O)Cl. The molecule has 0 aliphatic rings. The largest absolute Gasteiger partial charge is 0.492 e. The van der Waals surface area contributed by atoms with Crippen LogP contribution in [0.4, 0.5) is 5.69 Å². The van der Waals surface area contributed by atoms with Crippen molar-refractivity contribution in [2.45, 2.75) is 19.8 Å². The van der Waals surface area contributed by atoms with Crippen LogP contribution in [0.3, 0.4) is 0 Å². The quantitative estimate of drug-likeness (QED) is 0.403. The minimum atomic E-state index is -3.47. The van der Waals surface area contributed by atoms with Crippen LogP contribution in [0.25, 0.3) is 0 Å². The van der Waals surface area contributed by atoms with E-state index in [9.17, 15) is 18.5 Å². The van der Waals surface area contributed by atoms with Gasteiger partial charge in [-0.1, -0.05) is 18.5 Å². The number of ether oxygens (including phenoxy) is 1. The lowest BCUT2D eigenvalue weighted by Crippen LogP contribution is -2.08. The summed E-state index contributed by atoms with van der Waals surface area (Å²) in [6, 6.07) is 3.97. The number of hydrogen-bond acceptors (Lipinski definition) is 5. The van der Waals surface area contributed by atoms with Crippen molar-refractivity contribution in [2.75, 3.05) is 12.4 Å². The van der Waals surface area contributed by atoms with E-state index in [1.165, 1.54) is 18.2 Å². The Labute approximate surface area is 132 Å². The molecule has 0 aliphatic heterocycles. The summed E-state index contributed by atoms with van der Waals surface area (Å²) < 4.78 is 27.1. The minimum absolute atomic E-state index is 0.0754. The van der Waals surface area contributed by atoms with Crippen molar-refractivity contribution < 1.29 is 18.1 Å². The van der Waals surface area contributed by atoms with E-state index in [1.54, 1.807) is 0 Å². The number of benzene rings is 1. The van der Waals surface area contributed by atoms with Crippen molar-refractivity contribution in [2.24, 2.45) is 5.92 Å². The second-order valence-corrected chi connectivity index (χ2v) is 7.95. The first-order chi connectivity index (χ1) is 9.69. The zero-order chi connectivity index (χ0) is 16.0. The lowest BCUT2D eigenvalue weighted by Gasteiger charge is -2.12. The molecule has 6 nitrogen and oxygen atoms in total. The Bertz CT molecular complexity index is 606. The Morgan fingerprint density at radius 2 is 2.05 bits per heavy atom. The van der Waals surface area contributed by atoms with Crippen LogP contribution in [-0.4, -0.2) is 25.7 Å². The normalized spacial score (nSPS) is 12.9. The highest BCUT2D eigenvalue weighted by atomic mass is 35.7. The molecule has 0 saturated carbocycles. The molecule has 0 aromatic heterocycles. The molecule has 0 spiro atoms. The van der Waals surface area contributed by atoms with Crippen LogP contribution < -0.4 is 4.74 Å². The predicted octanol–water partition coefficient (Wildman–Crippen LogP) is 3.61. The Morgan fingerprint density at radius 3 is 2.57 bits per heavy atom. The highest BCUT2D eigenvalue weighted by molar-refractivity contribution is 8.13. The molecule has 9 heteroatoms. The van der Waals surface area contributed by atoms with E-state index in [-0.39, 0.29) is 22.4 Å². The molecule has 1 aromatic rings. The van der Waals surface area contributed by atoms with Gasteiger partial charge in [-0.2, -0.15) is 0 Å². The van der Waals surface area contributed by atoms with Crippen LogP contribution in [0.5, 0.6) is 5.75 Å². The van der Waals surface area contributed by atoms with Gasteiger partial charge in [0.2, 0.25) is 9.05 Å². The Morgan fingerprint density at radius 1 is 1.38 bits per heavy atom. The van der Waals surface area contributed by atoms with Gasteiger partial charge in [0.1, 0.15) is 5.75 Å². The molecule has 1 rings (SSSR count). The average molecular weight is 356 g/mol. The molecule has 118 valence electrons. The van der Waals surface area contributed by atoms with E-state index in [2.05, 4.69) is 0 Å². The van der Waals surface area contributed by atoms with E-state index in [0.29, 0.717) is 25.2 Å². The van der Waals surface area contributed by atoms with Crippen molar-refractivity contribution in [3.63, 3.8) is 0 Å². The summed E-state index contributed by atoms with van der Waals surface area (Å²) in [6.45, 7) is 2.23. The molecule has 0 heterocycles. The van der Waals surface area contributed by atoms with Crippen LogP contribution >= 0.6 is 22.3 Å². The van der Waals surface area contributed by atoms with E-state index >= 15 is 0 Å². The molecule has 1 unspecified atom stereocenters. The Hall–Kier alpha value is -1.05. The lowest BCUT2D eigenvalue weighted by atomic mass is 10.1. The molecular weight excluding hydrogens is 341 g/mol. The van der Waals surface area contributed by atoms with Crippen molar-refractivity contribution in [1.29, 1.82) is 0 Å². The molecule has 0 fully saturated rings. The van der Waals surface area contributed by atoms with Crippen molar-refractivity contribution >= 4 is 37.0 Å². The molecule has 0 radical (unpaired) electrons. The number of hydrogen-bond donors (Lipinski definition) is 0. The summed E-state index contributed by atoms with van der Waals surface area (Å²) in [5.41, 5.74) is -0.104. The van der Waals surface area contributed by atoms with Crippen LogP contribution in [0, 0.1) is 16.0 Å². The number of nitro groups is 1. The van der Waals surface area contributed by atoms with E-state index < -0.39 is 14.0 Å². The molecule has 21 heavy (non-hydrogen) atoms. The van der Waals surface area contributed by atoms with Gasteiger partial charge in [-0.15, -0.1) is 0 Å². The van der Waals surface area contributed by atoms with Gasteiger partial charge in [0.15, 0.2) is 0 Å².